The van der Waals surface area contributed by atoms with Gasteiger partial charge in [-0.2, -0.15) is 5.10 Å². The molecule has 31 heavy (non-hydrogen) atoms. The van der Waals surface area contributed by atoms with Crippen molar-refractivity contribution in [1.82, 2.24) is 5.43 Å². The Balaban J connectivity index is 2.14. The summed E-state index contributed by atoms with van der Waals surface area (Å²) in [5, 5.41) is 6.68. The van der Waals surface area contributed by atoms with Gasteiger partial charge in [0.05, 0.1) is 25.0 Å². The first-order valence-corrected chi connectivity index (χ1v) is 10.8. The van der Waals surface area contributed by atoms with Crippen molar-refractivity contribution in [3.8, 4) is 0 Å². The van der Waals surface area contributed by atoms with E-state index < -0.39 is 18.0 Å². The fourth-order valence-electron chi connectivity index (χ4n) is 2.71. The Kier molecular flexibility index (Phi) is 8.75. The molecule has 0 aliphatic rings. The number of thiophene rings is 1. The number of rotatable bonds is 8. The molecule has 1 aromatic carbocycles. The molecule has 0 unspecified atom stereocenters. The molecule has 0 aliphatic heterocycles. The minimum atomic E-state index is -0.655. The maximum Gasteiger partial charge on any atom is 0.348 e. The molecule has 0 spiro atoms. The van der Waals surface area contributed by atoms with Crippen LogP contribution < -0.4 is 10.7 Å². The smallest absolute Gasteiger partial charge is 0.348 e. The Bertz CT molecular complexity index is 964. The summed E-state index contributed by atoms with van der Waals surface area (Å²) >= 11 is 0.952. The van der Waals surface area contributed by atoms with Gasteiger partial charge in [-0.3, -0.25) is 5.32 Å². The van der Waals surface area contributed by atoms with E-state index in [0.29, 0.717) is 11.5 Å². The maximum absolute atomic E-state index is 12.4. The zero-order valence-electron chi connectivity index (χ0n) is 18.3. The first-order chi connectivity index (χ1) is 14.8. The van der Waals surface area contributed by atoms with E-state index in [9.17, 15) is 14.4 Å². The van der Waals surface area contributed by atoms with E-state index in [4.69, 9.17) is 9.47 Å². The van der Waals surface area contributed by atoms with Crippen LogP contribution >= 0.6 is 11.3 Å². The normalized spacial score (nSPS) is 10.9. The van der Waals surface area contributed by atoms with Crippen molar-refractivity contribution >= 4 is 40.5 Å². The van der Waals surface area contributed by atoms with Gasteiger partial charge in [0.1, 0.15) is 9.88 Å². The van der Waals surface area contributed by atoms with Gasteiger partial charge >= 0.3 is 18.0 Å². The lowest BCUT2D eigenvalue weighted by molar-refractivity contribution is 0.0527. The molecule has 0 radical (unpaired) electrons. The fourth-order valence-corrected chi connectivity index (χ4v) is 3.79. The Hall–Kier alpha value is -3.20. The molecule has 1 heterocycles. The molecule has 0 aliphatic carbocycles. The third kappa shape index (κ3) is 6.39. The van der Waals surface area contributed by atoms with Crippen LogP contribution in [0.3, 0.4) is 0 Å². The number of hydrogen-bond acceptors (Lipinski definition) is 7. The number of ether oxygens (including phenoxy) is 2. The van der Waals surface area contributed by atoms with Crippen LogP contribution in [0.15, 0.2) is 29.4 Å². The van der Waals surface area contributed by atoms with Crippen molar-refractivity contribution in [1.29, 1.82) is 0 Å². The van der Waals surface area contributed by atoms with Gasteiger partial charge in [0.2, 0.25) is 0 Å². The molecule has 8 nitrogen and oxygen atoms in total. The van der Waals surface area contributed by atoms with Crippen molar-refractivity contribution in [2.24, 2.45) is 5.10 Å². The highest BCUT2D eigenvalue weighted by Crippen LogP contribution is 2.34. The number of amides is 2. The molecule has 1 aromatic heterocycles. The topological polar surface area (TPSA) is 106 Å². The summed E-state index contributed by atoms with van der Waals surface area (Å²) < 4.78 is 10.1. The third-order valence-electron chi connectivity index (χ3n) is 4.30. The number of hydrogen-bond donors (Lipinski definition) is 2. The van der Waals surface area contributed by atoms with Gasteiger partial charge in [0, 0.05) is 0 Å². The Morgan fingerprint density at radius 3 is 2.26 bits per heavy atom. The van der Waals surface area contributed by atoms with Gasteiger partial charge in [0.15, 0.2) is 0 Å². The van der Waals surface area contributed by atoms with Crippen molar-refractivity contribution < 1.29 is 23.9 Å². The van der Waals surface area contributed by atoms with E-state index in [-0.39, 0.29) is 28.7 Å². The van der Waals surface area contributed by atoms with E-state index in [1.165, 1.54) is 11.8 Å². The van der Waals surface area contributed by atoms with Gasteiger partial charge in [-0.15, -0.1) is 11.3 Å². The minimum absolute atomic E-state index is 0.123. The second-order valence-electron chi connectivity index (χ2n) is 6.85. The van der Waals surface area contributed by atoms with Gasteiger partial charge in [0.25, 0.3) is 0 Å². The van der Waals surface area contributed by atoms with Crippen molar-refractivity contribution in [2.75, 3.05) is 18.5 Å². The summed E-state index contributed by atoms with van der Waals surface area (Å²) in [6.07, 6.45) is 1.51. The molecule has 0 fully saturated rings. The van der Waals surface area contributed by atoms with Crippen LogP contribution in [0.25, 0.3) is 0 Å². The zero-order valence-corrected chi connectivity index (χ0v) is 19.1. The number of urea groups is 1. The summed E-state index contributed by atoms with van der Waals surface area (Å²) in [6, 6.07) is 7.17. The molecule has 2 amide bonds. The molecule has 9 heteroatoms. The molecule has 2 N–H and O–H groups in total. The van der Waals surface area contributed by atoms with Crippen LogP contribution in [0.2, 0.25) is 0 Å². The zero-order chi connectivity index (χ0) is 23.0. The van der Waals surface area contributed by atoms with Gasteiger partial charge in [-0.25, -0.2) is 19.8 Å². The number of carbonyl (C=O) groups excluding carboxylic acids is 3. The molecule has 0 bridgehead atoms. The fraction of sp³-hybridized carbons (Fsp3) is 0.364. The highest BCUT2D eigenvalue weighted by atomic mass is 32.1. The van der Waals surface area contributed by atoms with Crippen molar-refractivity contribution in [3.63, 3.8) is 0 Å². The predicted octanol–water partition coefficient (Wildman–Crippen LogP) is 4.69. The van der Waals surface area contributed by atoms with E-state index in [0.717, 1.165) is 16.9 Å². The van der Waals surface area contributed by atoms with Gasteiger partial charge in [-0.05, 0) is 43.4 Å². The van der Waals surface area contributed by atoms with Crippen LogP contribution in [-0.4, -0.2) is 37.4 Å². The average molecular weight is 446 g/mol. The van der Waals surface area contributed by atoms with Crippen molar-refractivity contribution in [3.05, 3.63) is 51.4 Å². The highest BCUT2D eigenvalue weighted by Gasteiger charge is 2.27. The van der Waals surface area contributed by atoms with Gasteiger partial charge < -0.3 is 9.47 Å². The maximum atomic E-state index is 12.4. The number of esters is 2. The highest BCUT2D eigenvalue weighted by molar-refractivity contribution is 7.18. The van der Waals surface area contributed by atoms with Crippen LogP contribution in [-0.2, 0) is 9.47 Å². The quantitative estimate of drug-likeness (QED) is 0.348. The molecule has 2 aromatic rings. The van der Waals surface area contributed by atoms with E-state index in [2.05, 4.69) is 29.7 Å². The predicted molar refractivity (Wildman–Crippen MR) is 121 cm³/mol. The summed E-state index contributed by atoms with van der Waals surface area (Å²) in [4.78, 5) is 37.1. The summed E-state index contributed by atoms with van der Waals surface area (Å²) in [7, 11) is 0. The van der Waals surface area contributed by atoms with Crippen molar-refractivity contribution in [2.45, 2.75) is 40.5 Å². The summed E-state index contributed by atoms with van der Waals surface area (Å²) in [5.41, 5.74) is 4.91. The summed E-state index contributed by atoms with van der Waals surface area (Å²) in [5.74, 6) is -0.764. The Labute approximate surface area is 185 Å². The second-order valence-corrected chi connectivity index (χ2v) is 7.87. The third-order valence-corrected chi connectivity index (χ3v) is 5.48. The molecular formula is C22H27N3O5S. The second kappa shape index (κ2) is 11.3. The molecular weight excluding hydrogens is 418 g/mol. The molecule has 0 saturated carbocycles. The first kappa shape index (κ1) is 24.1. The monoisotopic (exact) mass is 445 g/mol. The standard InChI is InChI=1S/C22H27N3O5S/c1-6-29-20(26)17-14(5)18(21(27)30-7-2)31-19(17)24-22(28)25-23-12-15-8-10-16(11-9-15)13(3)4/h8-13H,6-7H2,1-5H3,(H2,24,25,28). The first-order valence-electron chi connectivity index (χ1n) is 9.96. The van der Waals surface area contributed by atoms with Crippen LogP contribution in [0, 0.1) is 6.92 Å². The number of nitrogens with zero attached hydrogens (tertiary/aromatic N) is 1. The number of anilines is 1. The van der Waals surface area contributed by atoms with E-state index >= 15 is 0 Å². The number of hydrazone groups is 1. The number of nitrogens with one attached hydrogen (secondary N) is 2. The lowest BCUT2D eigenvalue weighted by Crippen LogP contribution is -2.24. The molecule has 0 atom stereocenters. The minimum Gasteiger partial charge on any atom is -0.462 e. The molecule has 0 saturated heterocycles. The molecule has 166 valence electrons. The Morgan fingerprint density at radius 2 is 1.68 bits per heavy atom. The SMILES string of the molecule is CCOC(=O)c1sc(NC(=O)NN=Cc2ccc(C(C)C)cc2)c(C(=O)OCC)c1C. The van der Waals surface area contributed by atoms with E-state index in [1.807, 2.05) is 24.3 Å². The Morgan fingerprint density at radius 1 is 1.06 bits per heavy atom. The lowest BCUT2D eigenvalue weighted by atomic mass is 10.0. The number of benzene rings is 1. The largest absolute Gasteiger partial charge is 0.462 e. The molecule has 2 rings (SSSR count). The van der Waals surface area contributed by atoms with E-state index in [1.54, 1.807) is 20.8 Å². The lowest BCUT2D eigenvalue weighted by Gasteiger charge is -2.06. The average Bonchev–Trinajstić information content (AvgIpc) is 3.04. The van der Waals surface area contributed by atoms with Gasteiger partial charge in [-0.1, -0.05) is 38.1 Å². The van der Waals surface area contributed by atoms with Crippen LogP contribution in [0.1, 0.15) is 70.3 Å². The van der Waals surface area contributed by atoms with Crippen LogP contribution in [0.5, 0.6) is 0 Å². The summed E-state index contributed by atoms with van der Waals surface area (Å²) in [6.45, 7) is 9.55. The number of carbonyl (C=O) groups is 3. The van der Waals surface area contributed by atoms with Crippen LogP contribution in [0.4, 0.5) is 9.80 Å².